The van der Waals surface area contributed by atoms with Crippen molar-refractivity contribution < 1.29 is 19.2 Å². The Morgan fingerprint density at radius 3 is 2.80 bits per heavy atom. The van der Waals surface area contributed by atoms with Gasteiger partial charge in [-0.2, -0.15) is 0 Å². The largest absolute Gasteiger partial charge is 0.481 e. The summed E-state index contributed by atoms with van der Waals surface area (Å²) in [6.07, 6.45) is 0.600. The van der Waals surface area contributed by atoms with Crippen molar-refractivity contribution in [3.8, 4) is 11.3 Å². The van der Waals surface area contributed by atoms with Crippen LogP contribution in [0.3, 0.4) is 0 Å². The highest BCUT2D eigenvalue weighted by Crippen LogP contribution is 2.22. The van der Waals surface area contributed by atoms with Gasteiger partial charge < -0.3 is 19.8 Å². The molecule has 25 heavy (non-hydrogen) atoms. The van der Waals surface area contributed by atoms with Crippen molar-refractivity contribution in [2.24, 2.45) is 11.8 Å². The molecule has 0 bridgehead atoms. The molecule has 2 aromatic rings. The van der Waals surface area contributed by atoms with Gasteiger partial charge in [0.15, 0.2) is 5.76 Å². The van der Waals surface area contributed by atoms with Gasteiger partial charge in [-0.25, -0.2) is 4.79 Å². The van der Waals surface area contributed by atoms with Crippen molar-refractivity contribution in [3.05, 3.63) is 42.1 Å². The Bertz CT molecular complexity index is 744. The molecule has 0 radical (unpaired) electrons. The van der Waals surface area contributed by atoms with Gasteiger partial charge in [-0.05, 0) is 12.3 Å². The number of amides is 2. The van der Waals surface area contributed by atoms with Crippen molar-refractivity contribution in [1.82, 2.24) is 15.4 Å². The van der Waals surface area contributed by atoms with E-state index in [2.05, 4.69) is 10.5 Å². The molecule has 2 unspecified atom stereocenters. The van der Waals surface area contributed by atoms with E-state index in [0.717, 1.165) is 5.56 Å². The number of rotatable bonds is 4. The normalized spacial score (nSPS) is 20.3. The number of carbonyl (C=O) groups is 2. The van der Waals surface area contributed by atoms with Crippen LogP contribution in [-0.2, 0) is 11.3 Å². The summed E-state index contributed by atoms with van der Waals surface area (Å²) in [7, 11) is 0. The number of hydrogen-bond donors (Lipinski definition) is 2. The summed E-state index contributed by atoms with van der Waals surface area (Å²) >= 11 is 0. The first-order valence-corrected chi connectivity index (χ1v) is 8.29. The molecule has 7 nitrogen and oxygen atoms in total. The van der Waals surface area contributed by atoms with Crippen molar-refractivity contribution in [3.63, 3.8) is 0 Å². The molecule has 7 heteroatoms. The fraction of sp³-hybridized carbons (Fsp3) is 0.389. The van der Waals surface area contributed by atoms with Gasteiger partial charge in [0.2, 0.25) is 0 Å². The second-order valence-corrected chi connectivity index (χ2v) is 6.49. The molecule has 1 aliphatic heterocycles. The molecule has 0 spiro atoms. The van der Waals surface area contributed by atoms with E-state index in [1.54, 1.807) is 11.0 Å². The number of benzene rings is 1. The number of hydrogen-bond acceptors (Lipinski definition) is 4. The van der Waals surface area contributed by atoms with Gasteiger partial charge in [0.25, 0.3) is 0 Å². The van der Waals surface area contributed by atoms with Gasteiger partial charge in [-0.15, -0.1) is 0 Å². The van der Waals surface area contributed by atoms with Crippen LogP contribution in [0, 0.1) is 11.8 Å². The number of aliphatic carboxylic acids is 1. The van der Waals surface area contributed by atoms with Gasteiger partial charge >= 0.3 is 12.0 Å². The Morgan fingerprint density at radius 2 is 2.08 bits per heavy atom. The number of likely N-dealkylation sites (tertiary alicyclic amines) is 1. The van der Waals surface area contributed by atoms with Gasteiger partial charge in [0, 0.05) is 24.7 Å². The summed E-state index contributed by atoms with van der Waals surface area (Å²) in [6.45, 7) is 2.99. The fourth-order valence-corrected chi connectivity index (χ4v) is 3.11. The molecule has 1 aliphatic rings. The number of piperidine rings is 1. The molecule has 2 heterocycles. The first-order valence-electron chi connectivity index (χ1n) is 8.29. The van der Waals surface area contributed by atoms with Crippen molar-refractivity contribution >= 4 is 12.0 Å². The van der Waals surface area contributed by atoms with Crippen molar-refractivity contribution in [2.75, 3.05) is 13.1 Å². The molecule has 3 rings (SSSR count). The number of nitrogens with zero attached hydrogens (tertiary/aromatic N) is 2. The number of carboxylic acids is 1. The Hall–Kier alpha value is -2.83. The molecule has 2 amide bonds. The quantitative estimate of drug-likeness (QED) is 0.889. The highest BCUT2D eigenvalue weighted by Gasteiger charge is 2.31. The monoisotopic (exact) mass is 343 g/mol. The third-order valence-electron chi connectivity index (χ3n) is 4.33. The minimum atomic E-state index is -0.853. The molecular weight excluding hydrogens is 322 g/mol. The zero-order valence-corrected chi connectivity index (χ0v) is 14.0. The highest BCUT2D eigenvalue weighted by atomic mass is 16.5. The first-order chi connectivity index (χ1) is 12.0. The topological polar surface area (TPSA) is 95.7 Å². The summed E-state index contributed by atoms with van der Waals surface area (Å²) in [5.41, 5.74) is 1.54. The van der Waals surface area contributed by atoms with E-state index in [0.29, 0.717) is 24.4 Å². The second kappa shape index (κ2) is 7.38. The molecule has 0 saturated carbocycles. The Morgan fingerprint density at radius 1 is 1.32 bits per heavy atom. The molecule has 1 aromatic heterocycles. The van der Waals surface area contributed by atoms with Crippen LogP contribution in [0.5, 0.6) is 0 Å². The Labute approximate surface area is 145 Å². The zero-order chi connectivity index (χ0) is 17.8. The average molecular weight is 343 g/mol. The number of carbonyl (C=O) groups excluding carboxylic acids is 1. The summed E-state index contributed by atoms with van der Waals surface area (Å²) in [5.74, 6) is -0.556. The summed E-state index contributed by atoms with van der Waals surface area (Å²) in [4.78, 5) is 25.1. The number of carboxylic acid groups (broad SMARTS) is 1. The number of urea groups is 1. The van der Waals surface area contributed by atoms with Crippen LogP contribution < -0.4 is 5.32 Å². The molecule has 1 saturated heterocycles. The smallest absolute Gasteiger partial charge is 0.317 e. The van der Waals surface area contributed by atoms with E-state index in [9.17, 15) is 14.7 Å². The average Bonchev–Trinajstić information content (AvgIpc) is 3.09. The van der Waals surface area contributed by atoms with Gasteiger partial charge in [-0.1, -0.05) is 42.4 Å². The molecule has 2 atom stereocenters. The van der Waals surface area contributed by atoms with Crippen molar-refractivity contribution in [2.45, 2.75) is 19.9 Å². The lowest BCUT2D eigenvalue weighted by molar-refractivity contribution is -0.143. The van der Waals surface area contributed by atoms with Crippen molar-refractivity contribution in [1.29, 1.82) is 0 Å². The van der Waals surface area contributed by atoms with E-state index in [4.69, 9.17) is 4.52 Å². The molecule has 0 aliphatic carbocycles. The molecule has 1 fully saturated rings. The van der Waals surface area contributed by atoms with E-state index in [1.807, 2.05) is 37.3 Å². The maximum absolute atomic E-state index is 12.3. The van der Waals surface area contributed by atoms with Crippen LogP contribution in [0.25, 0.3) is 11.3 Å². The lowest BCUT2D eigenvalue weighted by Gasteiger charge is -2.34. The fourth-order valence-electron chi connectivity index (χ4n) is 3.11. The summed E-state index contributed by atoms with van der Waals surface area (Å²) in [6, 6.07) is 11.1. The van der Waals surface area contributed by atoms with Crippen LogP contribution in [-0.4, -0.2) is 40.3 Å². The maximum Gasteiger partial charge on any atom is 0.317 e. The SMILES string of the molecule is CC1CC(C(=O)O)CN(C(=O)NCc2cc(-c3ccccc3)on2)C1. The second-order valence-electron chi connectivity index (χ2n) is 6.49. The standard InChI is InChI=1S/C18H21N3O4/c1-12-7-14(17(22)23)11-21(10-12)18(24)19-9-15-8-16(25-20-15)13-5-3-2-4-6-13/h2-6,8,12,14H,7,9-11H2,1H3,(H,19,24)(H,22,23). The Balaban J connectivity index is 1.57. The predicted molar refractivity (Wildman–Crippen MR) is 90.7 cm³/mol. The van der Waals surface area contributed by atoms with E-state index in [-0.39, 0.29) is 25.0 Å². The minimum Gasteiger partial charge on any atom is -0.481 e. The molecular formula is C18H21N3O4. The third kappa shape index (κ3) is 4.17. The lowest BCUT2D eigenvalue weighted by Crippen LogP contribution is -2.49. The van der Waals surface area contributed by atoms with E-state index >= 15 is 0 Å². The molecule has 132 valence electrons. The summed E-state index contributed by atoms with van der Waals surface area (Å²) in [5, 5.41) is 15.9. The molecule has 2 N–H and O–H groups in total. The Kier molecular flexibility index (Phi) is 5.02. The van der Waals surface area contributed by atoms with E-state index in [1.165, 1.54) is 0 Å². The molecule has 1 aromatic carbocycles. The van der Waals surface area contributed by atoms with Crippen LogP contribution in [0.15, 0.2) is 40.9 Å². The lowest BCUT2D eigenvalue weighted by atomic mass is 9.91. The van der Waals surface area contributed by atoms with Gasteiger partial charge in [-0.3, -0.25) is 4.79 Å². The maximum atomic E-state index is 12.3. The van der Waals surface area contributed by atoms with E-state index < -0.39 is 11.9 Å². The van der Waals surface area contributed by atoms with Crippen LogP contribution >= 0.6 is 0 Å². The highest BCUT2D eigenvalue weighted by molar-refractivity contribution is 5.76. The zero-order valence-electron chi connectivity index (χ0n) is 14.0. The van der Waals surface area contributed by atoms with Gasteiger partial charge in [0.1, 0.15) is 5.69 Å². The van der Waals surface area contributed by atoms with Crippen LogP contribution in [0.1, 0.15) is 19.0 Å². The summed E-state index contributed by atoms with van der Waals surface area (Å²) < 4.78 is 5.30. The van der Waals surface area contributed by atoms with Crippen LogP contribution in [0.4, 0.5) is 4.79 Å². The van der Waals surface area contributed by atoms with Gasteiger partial charge in [0.05, 0.1) is 12.5 Å². The number of aromatic nitrogens is 1. The predicted octanol–water partition coefficient (Wildman–Crippen LogP) is 2.59. The number of nitrogens with one attached hydrogen (secondary N) is 1. The minimum absolute atomic E-state index is 0.164. The third-order valence-corrected chi connectivity index (χ3v) is 4.33. The first kappa shape index (κ1) is 17.0. The van der Waals surface area contributed by atoms with Crippen LogP contribution in [0.2, 0.25) is 0 Å².